The highest BCUT2D eigenvalue weighted by Crippen LogP contribution is 2.25. The molecule has 14 heavy (non-hydrogen) atoms. The first-order chi connectivity index (χ1) is 6.68. The fraction of sp³-hybridized carbons (Fsp3) is 0.200. The summed E-state index contributed by atoms with van der Waals surface area (Å²) in [6.07, 6.45) is 0. The molecule has 2 N–H and O–H groups in total. The van der Waals surface area contributed by atoms with Gasteiger partial charge in [-0.05, 0) is 25.0 Å². The van der Waals surface area contributed by atoms with Crippen LogP contribution in [0.15, 0.2) is 18.2 Å². The van der Waals surface area contributed by atoms with Crippen LogP contribution in [0.5, 0.6) is 0 Å². The van der Waals surface area contributed by atoms with Crippen molar-refractivity contribution in [1.29, 1.82) is 0 Å². The molecule has 0 fully saturated rings. The summed E-state index contributed by atoms with van der Waals surface area (Å²) in [6.45, 7) is 4.11. The molecule has 1 heterocycles. The Morgan fingerprint density at radius 2 is 1.86 bits per heavy atom. The first kappa shape index (κ1) is 9.15. The molecule has 0 bridgehead atoms. The number of nitrogen functional groups attached to an aromatic ring is 1. The monoisotopic (exact) mass is 205 g/mol. The predicted octanol–water partition coefficient (Wildman–Crippen LogP) is 2.40. The van der Waals surface area contributed by atoms with Gasteiger partial charge in [0, 0.05) is 17.1 Å². The van der Waals surface area contributed by atoms with Gasteiger partial charge in [0.2, 0.25) is 0 Å². The van der Waals surface area contributed by atoms with E-state index in [1.807, 2.05) is 6.07 Å². The second-order valence-corrected chi connectivity index (χ2v) is 4.01. The maximum atomic E-state index is 5.56. The van der Waals surface area contributed by atoms with Gasteiger partial charge in [0.15, 0.2) is 11.0 Å². The molecule has 0 aliphatic rings. The number of benzene rings is 1. The molecule has 0 atom stereocenters. The van der Waals surface area contributed by atoms with Crippen LogP contribution in [0.3, 0.4) is 0 Å². The maximum absolute atomic E-state index is 5.56. The lowest BCUT2D eigenvalue weighted by molar-refractivity contribution is 1.27. The molecule has 1 aromatic carbocycles. The molecule has 4 heteroatoms. The number of hydrogen-bond acceptors (Lipinski definition) is 4. The Bertz CT molecular complexity index is 442. The fourth-order valence-corrected chi connectivity index (χ4v) is 1.94. The fourth-order valence-electron chi connectivity index (χ4n) is 1.50. The smallest absolute Gasteiger partial charge is 0.200 e. The average molecular weight is 205 g/mol. The van der Waals surface area contributed by atoms with E-state index in [0.717, 1.165) is 11.4 Å². The number of nitrogens with two attached hydrogens (primary N) is 1. The minimum Gasteiger partial charge on any atom is -0.374 e. The lowest BCUT2D eigenvalue weighted by Crippen LogP contribution is -1.90. The number of hydrogen-bond donors (Lipinski definition) is 1. The van der Waals surface area contributed by atoms with Crippen molar-refractivity contribution in [2.45, 2.75) is 13.8 Å². The average Bonchev–Trinajstić information content (AvgIpc) is 2.51. The summed E-state index contributed by atoms with van der Waals surface area (Å²) < 4.78 is 4.21. The summed E-state index contributed by atoms with van der Waals surface area (Å²) in [5, 5.41) is 0.516. The summed E-state index contributed by atoms with van der Waals surface area (Å²) in [7, 11) is 0. The van der Waals surface area contributed by atoms with E-state index in [-0.39, 0.29) is 0 Å². The van der Waals surface area contributed by atoms with Gasteiger partial charge in [0.1, 0.15) is 0 Å². The lowest BCUT2D eigenvalue weighted by Gasteiger charge is -2.04. The Hall–Kier alpha value is -1.42. The van der Waals surface area contributed by atoms with Crippen LogP contribution < -0.4 is 5.73 Å². The van der Waals surface area contributed by atoms with Crippen molar-refractivity contribution in [3.05, 3.63) is 29.3 Å². The van der Waals surface area contributed by atoms with Crippen molar-refractivity contribution >= 4 is 16.7 Å². The molecule has 3 nitrogen and oxygen atoms in total. The summed E-state index contributed by atoms with van der Waals surface area (Å²) >= 11 is 1.23. The standard InChI is InChI=1S/C10H11N3S/c1-6-4-3-5-7(2)8(6)9-12-10(11)14-13-9/h3-5H,1-2H3,(H2,11,12,13). The van der Waals surface area contributed by atoms with Crippen LogP contribution in [0, 0.1) is 13.8 Å². The number of anilines is 1. The highest BCUT2D eigenvalue weighted by Gasteiger charge is 2.09. The first-order valence-electron chi connectivity index (χ1n) is 4.34. The van der Waals surface area contributed by atoms with E-state index < -0.39 is 0 Å². The van der Waals surface area contributed by atoms with Gasteiger partial charge in [0.05, 0.1) is 0 Å². The largest absolute Gasteiger partial charge is 0.374 e. The molecular formula is C10H11N3S. The second kappa shape index (κ2) is 3.38. The van der Waals surface area contributed by atoms with Gasteiger partial charge in [-0.2, -0.15) is 9.36 Å². The van der Waals surface area contributed by atoms with E-state index in [0.29, 0.717) is 5.13 Å². The van der Waals surface area contributed by atoms with Gasteiger partial charge in [-0.1, -0.05) is 18.2 Å². The zero-order chi connectivity index (χ0) is 10.1. The van der Waals surface area contributed by atoms with E-state index in [2.05, 4.69) is 35.3 Å². The Morgan fingerprint density at radius 1 is 1.21 bits per heavy atom. The van der Waals surface area contributed by atoms with Crippen LogP contribution in [0.1, 0.15) is 11.1 Å². The first-order valence-corrected chi connectivity index (χ1v) is 5.11. The summed E-state index contributed by atoms with van der Waals surface area (Å²) in [6, 6.07) is 6.14. The third-order valence-electron chi connectivity index (χ3n) is 2.15. The van der Waals surface area contributed by atoms with Gasteiger partial charge in [-0.3, -0.25) is 0 Å². The number of rotatable bonds is 1. The van der Waals surface area contributed by atoms with Crippen LogP contribution in [0.25, 0.3) is 11.4 Å². The number of aryl methyl sites for hydroxylation is 2. The van der Waals surface area contributed by atoms with E-state index >= 15 is 0 Å². The highest BCUT2D eigenvalue weighted by molar-refractivity contribution is 7.09. The second-order valence-electron chi connectivity index (χ2n) is 3.22. The van der Waals surface area contributed by atoms with Crippen LogP contribution in [-0.4, -0.2) is 9.36 Å². The zero-order valence-electron chi connectivity index (χ0n) is 8.11. The van der Waals surface area contributed by atoms with E-state index in [1.165, 1.54) is 22.7 Å². The van der Waals surface area contributed by atoms with Gasteiger partial charge in [0.25, 0.3) is 0 Å². The third kappa shape index (κ3) is 1.48. The SMILES string of the molecule is Cc1cccc(C)c1-c1nsc(N)n1. The number of nitrogens with zero attached hydrogens (tertiary/aromatic N) is 2. The molecule has 1 aromatic heterocycles. The lowest BCUT2D eigenvalue weighted by atomic mass is 10.0. The normalized spacial score (nSPS) is 10.4. The minimum atomic E-state index is 0.516. The summed E-state index contributed by atoms with van der Waals surface area (Å²) in [5.74, 6) is 0.739. The molecule has 0 amide bonds. The molecule has 2 rings (SSSR count). The Labute approximate surface area is 86.8 Å². The van der Waals surface area contributed by atoms with E-state index in [4.69, 9.17) is 5.73 Å². The zero-order valence-corrected chi connectivity index (χ0v) is 8.93. The molecule has 0 unspecified atom stereocenters. The Morgan fingerprint density at radius 3 is 2.36 bits per heavy atom. The van der Waals surface area contributed by atoms with Crippen molar-refractivity contribution in [2.75, 3.05) is 5.73 Å². The van der Waals surface area contributed by atoms with Crippen LogP contribution in [0.2, 0.25) is 0 Å². The summed E-state index contributed by atoms with van der Waals surface area (Å²) in [4.78, 5) is 4.19. The third-order valence-corrected chi connectivity index (χ3v) is 2.69. The molecule has 0 radical (unpaired) electrons. The molecular weight excluding hydrogens is 194 g/mol. The summed E-state index contributed by atoms with van der Waals surface area (Å²) in [5.41, 5.74) is 9.02. The quantitative estimate of drug-likeness (QED) is 0.777. The van der Waals surface area contributed by atoms with Crippen LogP contribution >= 0.6 is 11.5 Å². The molecule has 72 valence electrons. The maximum Gasteiger partial charge on any atom is 0.200 e. The van der Waals surface area contributed by atoms with Gasteiger partial charge in [-0.15, -0.1) is 0 Å². The molecule has 0 aliphatic heterocycles. The van der Waals surface area contributed by atoms with Crippen molar-refractivity contribution in [3.8, 4) is 11.4 Å². The van der Waals surface area contributed by atoms with Gasteiger partial charge < -0.3 is 5.73 Å². The van der Waals surface area contributed by atoms with Gasteiger partial charge >= 0.3 is 0 Å². The molecule has 0 saturated heterocycles. The topological polar surface area (TPSA) is 51.8 Å². The van der Waals surface area contributed by atoms with E-state index in [1.54, 1.807) is 0 Å². The van der Waals surface area contributed by atoms with Crippen molar-refractivity contribution in [2.24, 2.45) is 0 Å². The Balaban J connectivity index is 2.61. The van der Waals surface area contributed by atoms with Crippen molar-refractivity contribution < 1.29 is 0 Å². The molecule has 0 aliphatic carbocycles. The van der Waals surface area contributed by atoms with Crippen molar-refractivity contribution in [1.82, 2.24) is 9.36 Å². The van der Waals surface area contributed by atoms with E-state index in [9.17, 15) is 0 Å². The van der Waals surface area contributed by atoms with Crippen LogP contribution in [-0.2, 0) is 0 Å². The molecule has 2 aromatic rings. The minimum absolute atomic E-state index is 0.516. The van der Waals surface area contributed by atoms with Crippen molar-refractivity contribution in [3.63, 3.8) is 0 Å². The Kier molecular flexibility index (Phi) is 2.21. The van der Waals surface area contributed by atoms with Crippen LogP contribution in [0.4, 0.5) is 5.13 Å². The number of aromatic nitrogens is 2. The highest BCUT2D eigenvalue weighted by atomic mass is 32.1. The molecule has 0 spiro atoms. The van der Waals surface area contributed by atoms with Gasteiger partial charge in [-0.25, -0.2) is 0 Å². The molecule has 0 saturated carbocycles. The predicted molar refractivity (Wildman–Crippen MR) is 59.2 cm³/mol.